The van der Waals surface area contributed by atoms with Crippen molar-refractivity contribution in [2.75, 3.05) is 5.32 Å². The second kappa shape index (κ2) is 3.98. The first kappa shape index (κ1) is 9.64. The predicted molar refractivity (Wildman–Crippen MR) is 50.4 cm³/mol. The van der Waals surface area contributed by atoms with E-state index in [0.717, 1.165) is 11.3 Å². The third-order valence-electron chi connectivity index (χ3n) is 1.82. The van der Waals surface area contributed by atoms with E-state index in [0.29, 0.717) is 12.2 Å². The van der Waals surface area contributed by atoms with Gasteiger partial charge in [0.15, 0.2) is 5.82 Å². The van der Waals surface area contributed by atoms with Crippen LogP contribution in [0.4, 0.5) is 5.82 Å². The van der Waals surface area contributed by atoms with Gasteiger partial charge in [-0.15, -0.1) is 5.10 Å². The summed E-state index contributed by atoms with van der Waals surface area (Å²) in [6.45, 7) is 5.61. The number of nitrogens with zero attached hydrogens (tertiary/aromatic N) is 2. The fraction of sp³-hybridized carbons (Fsp3) is 0.444. The molecule has 1 heterocycles. The summed E-state index contributed by atoms with van der Waals surface area (Å²) in [7, 11) is 0. The molecule has 0 saturated carbocycles. The summed E-state index contributed by atoms with van der Waals surface area (Å²) < 4.78 is 0. The summed E-state index contributed by atoms with van der Waals surface area (Å²) in [5.74, 6) is 0.479. The molecule has 1 aromatic rings. The first-order chi connectivity index (χ1) is 6.13. The van der Waals surface area contributed by atoms with Crippen molar-refractivity contribution in [1.29, 1.82) is 0 Å². The van der Waals surface area contributed by atoms with Gasteiger partial charge in [0.25, 0.3) is 0 Å². The molecule has 70 valence electrons. The molecule has 0 aliphatic rings. The van der Waals surface area contributed by atoms with Crippen molar-refractivity contribution >= 4 is 11.7 Å². The van der Waals surface area contributed by atoms with Crippen LogP contribution in [0.15, 0.2) is 6.07 Å². The van der Waals surface area contributed by atoms with E-state index >= 15 is 0 Å². The summed E-state index contributed by atoms with van der Waals surface area (Å²) >= 11 is 0. The van der Waals surface area contributed by atoms with Gasteiger partial charge in [-0.05, 0) is 25.5 Å². The maximum absolute atomic E-state index is 11.0. The molecule has 0 unspecified atom stereocenters. The van der Waals surface area contributed by atoms with E-state index in [9.17, 15) is 4.79 Å². The Morgan fingerprint density at radius 2 is 2.15 bits per heavy atom. The maximum Gasteiger partial charge on any atom is 0.225 e. The number of anilines is 1. The smallest absolute Gasteiger partial charge is 0.225 e. The van der Waals surface area contributed by atoms with Crippen LogP contribution >= 0.6 is 0 Å². The topological polar surface area (TPSA) is 54.9 Å². The highest BCUT2D eigenvalue weighted by atomic mass is 16.1. The maximum atomic E-state index is 11.0. The standard InChI is InChI=1S/C9H13N3O/c1-4-9(13)10-8-5-6(2)7(3)11-12-8/h5H,4H2,1-3H3,(H,10,12,13). The van der Waals surface area contributed by atoms with Crippen LogP contribution in [0, 0.1) is 13.8 Å². The molecule has 1 rings (SSSR count). The summed E-state index contributed by atoms with van der Waals surface area (Å²) in [5.41, 5.74) is 1.91. The third-order valence-corrected chi connectivity index (χ3v) is 1.82. The van der Waals surface area contributed by atoms with Crippen molar-refractivity contribution in [3.8, 4) is 0 Å². The number of carbonyl (C=O) groups is 1. The van der Waals surface area contributed by atoms with E-state index in [1.165, 1.54) is 0 Å². The van der Waals surface area contributed by atoms with Crippen molar-refractivity contribution in [2.24, 2.45) is 0 Å². The minimum absolute atomic E-state index is 0.0439. The molecule has 4 nitrogen and oxygen atoms in total. The highest BCUT2D eigenvalue weighted by molar-refractivity contribution is 5.89. The molecule has 1 N–H and O–H groups in total. The Labute approximate surface area is 77.4 Å². The highest BCUT2D eigenvalue weighted by Gasteiger charge is 2.02. The first-order valence-electron chi connectivity index (χ1n) is 4.24. The Bertz CT molecular complexity index is 323. The van der Waals surface area contributed by atoms with Crippen LogP contribution in [0.2, 0.25) is 0 Å². The van der Waals surface area contributed by atoms with Gasteiger partial charge in [-0.2, -0.15) is 5.10 Å². The summed E-state index contributed by atoms with van der Waals surface area (Å²) in [4.78, 5) is 11.0. The average molecular weight is 179 g/mol. The van der Waals surface area contributed by atoms with Gasteiger partial charge in [-0.1, -0.05) is 6.92 Å². The van der Waals surface area contributed by atoms with Crippen LogP contribution in [-0.4, -0.2) is 16.1 Å². The van der Waals surface area contributed by atoms with Crippen LogP contribution in [-0.2, 0) is 4.79 Å². The van der Waals surface area contributed by atoms with E-state index in [1.54, 1.807) is 6.92 Å². The first-order valence-corrected chi connectivity index (χ1v) is 4.24. The summed E-state index contributed by atoms with van der Waals surface area (Å²) in [6, 6.07) is 1.82. The van der Waals surface area contributed by atoms with Gasteiger partial charge in [-0.25, -0.2) is 0 Å². The molecule has 0 radical (unpaired) electrons. The SMILES string of the molecule is CCC(=O)Nc1cc(C)c(C)nn1. The number of rotatable bonds is 2. The molecule has 1 amide bonds. The molecule has 0 aliphatic heterocycles. The summed E-state index contributed by atoms with van der Waals surface area (Å²) in [6.07, 6.45) is 0.453. The third kappa shape index (κ3) is 2.50. The fourth-order valence-electron chi connectivity index (χ4n) is 0.838. The molecule has 0 aromatic carbocycles. The Morgan fingerprint density at radius 3 is 2.69 bits per heavy atom. The van der Waals surface area contributed by atoms with E-state index in [2.05, 4.69) is 15.5 Å². The number of aryl methyl sites for hydroxylation is 2. The minimum atomic E-state index is -0.0439. The number of aromatic nitrogens is 2. The predicted octanol–water partition coefficient (Wildman–Crippen LogP) is 1.44. The lowest BCUT2D eigenvalue weighted by atomic mass is 10.2. The minimum Gasteiger partial charge on any atom is -0.309 e. The van der Waals surface area contributed by atoms with Gasteiger partial charge in [0.2, 0.25) is 5.91 Å². The number of carbonyl (C=O) groups excluding carboxylic acids is 1. The molecule has 0 bridgehead atoms. The van der Waals surface area contributed by atoms with Crippen molar-refractivity contribution in [3.05, 3.63) is 17.3 Å². The number of hydrogen-bond donors (Lipinski definition) is 1. The summed E-state index contributed by atoms with van der Waals surface area (Å²) in [5, 5.41) is 10.4. The van der Waals surface area contributed by atoms with E-state index in [4.69, 9.17) is 0 Å². The molecule has 0 fully saturated rings. The Kier molecular flexibility index (Phi) is 2.95. The Hall–Kier alpha value is -1.45. The van der Waals surface area contributed by atoms with Crippen LogP contribution < -0.4 is 5.32 Å². The van der Waals surface area contributed by atoms with E-state index in [-0.39, 0.29) is 5.91 Å². The van der Waals surface area contributed by atoms with Gasteiger partial charge < -0.3 is 5.32 Å². The molecule has 13 heavy (non-hydrogen) atoms. The number of hydrogen-bond acceptors (Lipinski definition) is 3. The highest BCUT2D eigenvalue weighted by Crippen LogP contribution is 2.07. The second-order valence-electron chi connectivity index (χ2n) is 2.90. The zero-order valence-corrected chi connectivity index (χ0v) is 8.09. The van der Waals surface area contributed by atoms with Gasteiger partial charge in [0.05, 0.1) is 5.69 Å². The number of nitrogens with one attached hydrogen (secondary N) is 1. The van der Waals surface area contributed by atoms with Crippen molar-refractivity contribution in [3.63, 3.8) is 0 Å². The monoisotopic (exact) mass is 179 g/mol. The van der Waals surface area contributed by atoms with Crippen molar-refractivity contribution in [2.45, 2.75) is 27.2 Å². The molecular weight excluding hydrogens is 166 g/mol. The van der Waals surface area contributed by atoms with Crippen LogP contribution in [0.1, 0.15) is 24.6 Å². The van der Waals surface area contributed by atoms with E-state index in [1.807, 2.05) is 19.9 Å². The number of amides is 1. The lowest BCUT2D eigenvalue weighted by molar-refractivity contribution is -0.115. The van der Waals surface area contributed by atoms with Gasteiger partial charge >= 0.3 is 0 Å². The molecule has 0 spiro atoms. The van der Waals surface area contributed by atoms with Gasteiger partial charge in [0, 0.05) is 6.42 Å². The lowest BCUT2D eigenvalue weighted by Gasteiger charge is -2.03. The Morgan fingerprint density at radius 1 is 1.46 bits per heavy atom. The molecular formula is C9H13N3O. The normalized spacial score (nSPS) is 9.77. The second-order valence-corrected chi connectivity index (χ2v) is 2.90. The Balaban J connectivity index is 2.79. The van der Waals surface area contributed by atoms with E-state index < -0.39 is 0 Å². The van der Waals surface area contributed by atoms with Crippen molar-refractivity contribution in [1.82, 2.24) is 10.2 Å². The largest absolute Gasteiger partial charge is 0.309 e. The van der Waals surface area contributed by atoms with Crippen LogP contribution in [0.25, 0.3) is 0 Å². The van der Waals surface area contributed by atoms with Gasteiger partial charge in [0.1, 0.15) is 0 Å². The van der Waals surface area contributed by atoms with Crippen molar-refractivity contribution < 1.29 is 4.79 Å². The fourth-order valence-corrected chi connectivity index (χ4v) is 0.838. The average Bonchev–Trinajstić information content (AvgIpc) is 2.11. The lowest BCUT2D eigenvalue weighted by Crippen LogP contribution is -2.11. The molecule has 0 atom stereocenters. The van der Waals surface area contributed by atoms with Crippen LogP contribution in [0.3, 0.4) is 0 Å². The zero-order valence-electron chi connectivity index (χ0n) is 8.09. The van der Waals surface area contributed by atoms with Gasteiger partial charge in [-0.3, -0.25) is 4.79 Å². The molecule has 1 aromatic heterocycles. The molecule has 0 aliphatic carbocycles. The molecule has 0 saturated heterocycles. The van der Waals surface area contributed by atoms with Crippen LogP contribution in [0.5, 0.6) is 0 Å². The molecule has 4 heteroatoms. The quantitative estimate of drug-likeness (QED) is 0.747. The zero-order chi connectivity index (χ0) is 9.84.